The molecule has 0 spiro atoms. The summed E-state index contributed by atoms with van der Waals surface area (Å²) in [6.07, 6.45) is -1.48. The van der Waals surface area contributed by atoms with Gasteiger partial charge in [0.15, 0.2) is 0 Å². The van der Waals surface area contributed by atoms with Crippen LogP contribution in [0, 0.1) is 0 Å². The van der Waals surface area contributed by atoms with E-state index in [2.05, 4.69) is 31.3 Å². The summed E-state index contributed by atoms with van der Waals surface area (Å²) in [6.45, 7) is 2.97. The van der Waals surface area contributed by atoms with Crippen molar-refractivity contribution in [2.24, 2.45) is 0 Å². The molecule has 1 saturated heterocycles. The number of aryl methyl sites for hydroxylation is 2. The molecule has 3 heterocycles. The number of aliphatic carboxylic acids is 1. The van der Waals surface area contributed by atoms with Gasteiger partial charge in [-0.3, -0.25) is 19.0 Å². The number of hydrogen-bond acceptors (Lipinski definition) is 15. The number of aliphatic hydroxyl groups is 4. The summed E-state index contributed by atoms with van der Waals surface area (Å²) < 4.78 is 25.3. The van der Waals surface area contributed by atoms with Crippen LogP contribution in [0.25, 0.3) is 11.3 Å². The number of rotatable bonds is 24. The average Bonchev–Trinajstić information content (AvgIpc) is 3.86. The number of carbonyl (C=O) groups is 3. The van der Waals surface area contributed by atoms with E-state index in [1.165, 1.54) is 0 Å². The van der Waals surface area contributed by atoms with Crippen LogP contribution >= 0.6 is 0 Å². The molecule has 1 aromatic carbocycles. The first-order chi connectivity index (χ1) is 26.5. The molecule has 1 aliphatic rings. The Morgan fingerprint density at radius 1 is 1.00 bits per heavy atom. The summed E-state index contributed by atoms with van der Waals surface area (Å²) in [4.78, 5) is 37.4. The van der Waals surface area contributed by atoms with Gasteiger partial charge in [-0.05, 0) is 25.3 Å². The van der Waals surface area contributed by atoms with E-state index in [0.29, 0.717) is 62.7 Å². The fourth-order valence-corrected chi connectivity index (χ4v) is 5.93. The molecule has 55 heavy (non-hydrogen) atoms. The van der Waals surface area contributed by atoms with Crippen LogP contribution in [0.15, 0.2) is 36.7 Å². The standard InChI is InChI=1S/C35H52N8O12/c1-3-42-20-26(39-41-42)24-10-8-23(9-11-24)16-29(47)36-18-28(46)32(49)33-31(37-30(48)21-44)27(45)17-35(55-33,34(50)51)54-13-7-5-4-6-12-43-19-25(38-40-43)22-53-15-14-52-2/h8-11,19-20,27-28,31-33,44-46,49H,3-7,12-18,21-22H2,1-2H3,(H,36,47)(H,37,48)(H,50,51)/t27-,28+,31+,32+,33+,35+/m0/s1. The van der Waals surface area contributed by atoms with Gasteiger partial charge in [0.2, 0.25) is 11.8 Å². The number of methoxy groups -OCH3 is 1. The summed E-state index contributed by atoms with van der Waals surface area (Å²) in [7, 11) is 1.59. The highest BCUT2D eigenvalue weighted by Gasteiger charge is 2.55. The molecular weight excluding hydrogens is 724 g/mol. The number of unbranched alkanes of at least 4 members (excludes halogenated alkanes) is 3. The van der Waals surface area contributed by atoms with E-state index >= 15 is 0 Å². The number of nitrogens with one attached hydrogen (secondary N) is 2. The van der Waals surface area contributed by atoms with Crippen molar-refractivity contribution in [2.75, 3.05) is 40.1 Å². The van der Waals surface area contributed by atoms with Crippen molar-refractivity contribution in [1.82, 2.24) is 40.6 Å². The molecule has 6 atom stereocenters. The second kappa shape index (κ2) is 21.6. The van der Waals surface area contributed by atoms with Crippen molar-refractivity contribution in [3.8, 4) is 11.3 Å². The first-order valence-corrected chi connectivity index (χ1v) is 18.2. The first kappa shape index (κ1) is 43.3. The number of aromatic nitrogens is 6. The van der Waals surface area contributed by atoms with Crippen LogP contribution in [-0.2, 0) is 59.4 Å². The minimum Gasteiger partial charge on any atom is -0.477 e. The Labute approximate surface area is 317 Å². The molecular formula is C35H52N8O12. The van der Waals surface area contributed by atoms with Gasteiger partial charge >= 0.3 is 5.97 Å². The molecule has 0 radical (unpaired) electrons. The van der Waals surface area contributed by atoms with E-state index < -0.39 is 73.6 Å². The summed E-state index contributed by atoms with van der Waals surface area (Å²) >= 11 is 0. The molecule has 20 heteroatoms. The fourth-order valence-electron chi connectivity index (χ4n) is 5.93. The molecule has 0 bridgehead atoms. The molecule has 4 rings (SSSR count). The molecule has 20 nitrogen and oxygen atoms in total. The maximum atomic E-state index is 12.7. The molecule has 3 aromatic rings. The molecule has 2 aromatic heterocycles. The number of aliphatic hydroxyl groups excluding tert-OH is 4. The Hall–Kier alpha value is -4.41. The highest BCUT2D eigenvalue weighted by atomic mass is 16.7. The second-order valence-electron chi connectivity index (χ2n) is 13.1. The van der Waals surface area contributed by atoms with Crippen LogP contribution in [0.4, 0.5) is 0 Å². The Kier molecular flexibility index (Phi) is 17.0. The number of carbonyl (C=O) groups excluding carboxylic acids is 2. The van der Waals surface area contributed by atoms with Gasteiger partial charge < -0.3 is 55.1 Å². The third-order valence-corrected chi connectivity index (χ3v) is 8.97. The Morgan fingerprint density at radius 3 is 2.44 bits per heavy atom. The van der Waals surface area contributed by atoms with Crippen molar-refractivity contribution in [2.45, 2.75) is 101 Å². The number of ether oxygens (including phenoxy) is 4. The van der Waals surface area contributed by atoms with Crippen LogP contribution in [0.1, 0.15) is 50.3 Å². The normalized spacial score (nSPS) is 20.9. The molecule has 0 unspecified atom stereocenters. The number of carboxylic acid groups (broad SMARTS) is 1. The lowest BCUT2D eigenvalue weighted by Gasteiger charge is -2.46. The molecule has 1 aliphatic heterocycles. The lowest BCUT2D eigenvalue weighted by molar-refractivity contribution is -0.310. The van der Waals surface area contributed by atoms with Crippen molar-refractivity contribution in [1.29, 1.82) is 0 Å². The molecule has 2 amide bonds. The first-order valence-electron chi connectivity index (χ1n) is 18.2. The van der Waals surface area contributed by atoms with E-state index in [-0.39, 0.29) is 13.0 Å². The molecule has 7 N–H and O–H groups in total. The number of carboxylic acids is 1. The van der Waals surface area contributed by atoms with Crippen molar-refractivity contribution >= 4 is 17.8 Å². The highest BCUT2D eigenvalue weighted by Crippen LogP contribution is 2.34. The molecule has 304 valence electrons. The van der Waals surface area contributed by atoms with Crippen molar-refractivity contribution in [3.63, 3.8) is 0 Å². The molecule has 1 fully saturated rings. The van der Waals surface area contributed by atoms with Gasteiger partial charge in [0.1, 0.15) is 30.2 Å². The highest BCUT2D eigenvalue weighted by molar-refractivity contribution is 5.79. The van der Waals surface area contributed by atoms with Crippen molar-refractivity contribution < 1.29 is 58.9 Å². The summed E-state index contributed by atoms with van der Waals surface area (Å²) in [6, 6.07) is 5.66. The minimum absolute atomic E-state index is 0.0545. The van der Waals surface area contributed by atoms with Gasteiger partial charge in [-0.25, -0.2) is 4.79 Å². The lowest BCUT2D eigenvalue weighted by Crippen LogP contribution is -2.68. The monoisotopic (exact) mass is 776 g/mol. The summed E-state index contributed by atoms with van der Waals surface area (Å²) in [5, 5.41) is 73.7. The van der Waals surface area contributed by atoms with E-state index in [1.54, 1.807) is 53.1 Å². The van der Waals surface area contributed by atoms with Crippen LogP contribution in [0.5, 0.6) is 0 Å². The zero-order valence-corrected chi connectivity index (χ0v) is 31.0. The number of hydrogen-bond donors (Lipinski definition) is 7. The number of nitrogens with zero attached hydrogens (tertiary/aromatic N) is 6. The van der Waals surface area contributed by atoms with Crippen LogP contribution < -0.4 is 10.6 Å². The van der Waals surface area contributed by atoms with Crippen LogP contribution in [0.2, 0.25) is 0 Å². The molecule has 0 saturated carbocycles. The quantitative estimate of drug-likeness (QED) is 0.0526. The topological polar surface area (TPSA) is 275 Å². The predicted molar refractivity (Wildman–Crippen MR) is 191 cm³/mol. The van der Waals surface area contributed by atoms with E-state index in [0.717, 1.165) is 18.4 Å². The van der Waals surface area contributed by atoms with E-state index in [4.69, 9.17) is 18.9 Å². The number of benzene rings is 1. The van der Waals surface area contributed by atoms with Crippen LogP contribution in [-0.4, -0.2) is 150 Å². The van der Waals surface area contributed by atoms with E-state index in [9.17, 15) is 39.9 Å². The van der Waals surface area contributed by atoms with Gasteiger partial charge in [-0.15, -0.1) is 10.2 Å². The predicted octanol–water partition coefficient (Wildman–Crippen LogP) is -1.21. The Morgan fingerprint density at radius 2 is 1.75 bits per heavy atom. The smallest absolute Gasteiger partial charge is 0.364 e. The third-order valence-electron chi connectivity index (χ3n) is 8.97. The number of amides is 2. The minimum atomic E-state index is -2.44. The van der Waals surface area contributed by atoms with Crippen molar-refractivity contribution in [3.05, 3.63) is 47.9 Å². The second-order valence-corrected chi connectivity index (χ2v) is 13.1. The third kappa shape index (κ3) is 12.8. The lowest BCUT2D eigenvalue weighted by atomic mass is 9.88. The van der Waals surface area contributed by atoms with E-state index in [1.807, 2.05) is 6.92 Å². The van der Waals surface area contributed by atoms with Gasteiger partial charge in [-0.2, -0.15) is 0 Å². The van der Waals surface area contributed by atoms with Gasteiger partial charge in [0.25, 0.3) is 5.79 Å². The summed E-state index contributed by atoms with van der Waals surface area (Å²) in [5.41, 5.74) is 2.86. The Bertz CT molecular complexity index is 1640. The van der Waals surface area contributed by atoms with Gasteiger partial charge in [-0.1, -0.05) is 47.5 Å². The Balaban J connectivity index is 1.28. The maximum Gasteiger partial charge on any atom is 0.364 e. The fraction of sp³-hybridized carbons (Fsp3) is 0.629. The zero-order valence-electron chi connectivity index (χ0n) is 31.0. The van der Waals surface area contributed by atoms with Gasteiger partial charge in [0, 0.05) is 38.7 Å². The SMILES string of the molecule is CCn1cc(-c2ccc(CC(=O)NC[C@@H](O)[C@@H](O)[C@@H]3O[C@@](OCCCCCCn4cc(COCCOC)nn4)(C(=O)O)C[C@H](O)[C@H]3NC(=O)CO)cc2)nn1. The zero-order chi connectivity index (χ0) is 39.8. The van der Waals surface area contributed by atoms with Crippen LogP contribution in [0.3, 0.4) is 0 Å². The maximum absolute atomic E-state index is 12.7. The average molecular weight is 777 g/mol. The van der Waals surface area contributed by atoms with Gasteiger partial charge in [0.05, 0.1) is 63.5 Å². The molecule has 0 aliphatic carbocycles. The largest absolute Gasteiger partial charge is 0.477 e. The summed E-state index contributed by atoms with van der Waals surface area (Å²) in [5.74, 6) is -5.45.